The zero-order chi connectivity index (χ0) is 39.7. The zero-order valence-electron chi connectivity index (χ0n) is 31.5. The molecule has 0 saturated carbocycles. The van der Waals surface area contributed by atoms with Crippen molar-refractivity contribution in [2.75, 3.05) is 0 Å². The number of aromatic nitrogens is 5. The van der Waals surface area contributed by atoms with Crippen LogP contribution in [0.4, 0.5) is 0 Å². The maximum Gasteiger partial charge on any atom is 0.162 e. The summed E-state index contributed by atoms with van der Waals surface area (Å²) in [5.41, 5.74) is 12.2. The highest BCUT2D eigenvalue weighted by molar-refractivity contribution is 6.10. The molecule has 0 saturated heterocycles. The van der Waals surface area contributed by atoms with Crippen LogP contribution in [0.25, 0.3) is 95.3 Å². The molecule has 0 unspecified atom stereocenters. The van der Waals surface area contributed by atoms with Gasteiger partial charge in [-0.2, -0.15) is 10.5 Å². The molecule has 0 aliphatic rings. The molecule has 10 rings (SSSR count). The normalized spacial score (nSPS) is 11.0. The molecule has 59 heavy (non-hydrogen) atoms. The third-order valence-corrected chi connectivity index (χ3v) is 10.5. The molecule has 0 fully saturated rings. The number of nitrogens with zero attached hydrogens (tertiary/aromatic N) is 7. The van der Waals surface area contributed by atoms with Gasteiger partial charge in [0.05, 0.1) is 62.8 Å². The molecular formula is C52H31N7. The Bertz CT molecular complexity index is 3090. The molecule has 0 aliphatic heterocycles. The van der Waals surface area contributed by atoms with Crippen LogP contribution >= 0.6 is 0 Å². The van der Waals surface area contributed by atoms with Gasteiger partial charge in [0.1, 0.15) is 0 Å². The Balaban J connectivity index is 1.28. The van der Waals surface area contributed by atoms with Crippen LogP contribution in [0.5, 0.6) is 0 Å². The van der Waals surface area contributed by atoms with Crippen molar-refractivity contribution in [1.29, 1.82) is 10.5 Å². The van der Waals surface area contributed by atoms with Crippen molar-refractivity contribution in [3.05, 3.63) is 199 Å². The van der Waals surface area contributed by atoms with E-state index in [4.69, 9.17) is 19.9 Å². The minimum atomic E-state index is 0.516. The Labute approximate surface area is 340 Å². The van der Waals surface area contributed by atoms with E-state index in [2.05, 4.69) is 77.4 Å². The van der Waals surface area contributed by atoms with Crippen molar-refractivity contribution in [2.45, 2.75) is 0 Å². The van der Waals surface area contributed by atoms with E-state index in [0.717, 1.165) is 83.6 Å². The van der Waals surface area contributed by atoms with E-state index in [1.807, 2.05) is 127 Å². The first-order valence-corrected chi connectivity index (χ1v) is 19.2. The summed E-state index contributed by atoms with van der Waals surface area (Å²) in [7, 11) is 0. The van der Waals surface area contributed by atoms with E-state index in [0.29, 0.717) is 22.8 Å². The van der Waals surface area contributed by atoms with Gasteiger partial charge in [-0.25, -0.2) is 19.9 Å². The molecule has 0 bridgehead atoms. The fourth-order valence-corrected chi connectivity index (χ4v) is 7.64. The van der Waals surface area contributed by atoms with Crippen LogP contribution in [-0.2, 0) is 0 Å². The maximum atomic E-state index is 9.91. The fourth-order valence-electron chi connectivity index (χ4n) is 7.64. The third-order valence-electron chi connectivity index (χ3n) is 10.5. The largest absolute Gasteiger partial charge is 0.308 e. The topological polar surface area (TPSA) is 104 Å². The molecule has 7 heteroatoms. The lowest BCUT2D eigenvalue weighted by Crippen LogP contribution is -2.03. The minimum absolute atomic E-state index is 0.516. The van der Waals surface area contributed by atoms with Crippen LogP contribution in [0.3, 0.4) is 0 Å². The molecule has 0 N–H and O–H groups in total. The Morgan fingerprint density at radius 2 is 0.746 bits per heavy atom. The lowest BCUT2D eigenvalue weighted by atomic mass is 10.0. The summed E-state index contributed by atoms with van der Waals surface area (Å²) in [4.78, 5) is 20.9. The van der Waals surface area contributed by atoms with Gasteiger partial charge in [0, 0.05) is 44.2 Å². The van der Waals surface area contributed by atoms with Gasteiger partial charge < -0.3 is 4.57 Å². The van der Waals surface area contributed by atoms with E-state index in [9.17, 15) is 10.5 Å². The van der Waals surface area contributed by atoms with Crippen molar-refractivity contribution >= 4 is 21.8 Å². The third kappa shape index (κ3) is 6.55. The van der Waals surface area contributed by atoms with Crippen molar-refractivity contribution in [3.8, 4) is 85.6 Å². The van der Waals surface area contributed by atoms with Gasteiger partial charge in [-0.05, 0) is 66.7 Å². The predicted molar refractivity (Wildman–Crippen MR) is 234 cm³/mol. The van der Waals surface area contributed by atoms with Crippen LogP contribution in [0.15, 0.2) is 188 Å². The van der Waals surface area contributed by atoms with Gasteiger partial charge in [0.2, 0.25) is 0 Å². The van der Waals surface area contributed by atoms with Gasteiger partial charge in [-0.1, -0.05) is 121 Å². The van der Waals surface area contributed by atoms with Crippen LogP contribution in [-0.4, -0.2) is 24.5 Å². The highest BCUT2D eigenvalue weighted by atomic mass is 15.0. The average molecular weight is 754 g/mol. The quantitative estimate of drug-likeness (QED) is 0.160. The zero-order valence-corrected chi connectivity index (χ0v) is 31.5. The van der Waals surface area contributed by atoms with Gasteiger partial charge in [-0.3, -0.25) is 0 Å². The summed E-state index contributed by atoms with van der Waals surface area (Å²) in [5.74, 6) is 1.07. The lowest BCUT2D eigenvalue weighted by Gasteiger charge is -2.17. The van der Waals surface area contributed by atoms with Crippen molar-refractivity contribution in [3.63, 3.8) is 0 Å². The number of benzene rings is 7. The maximum absolute atomic E-state index is 9.91. The fraction of sp³-hybridized carbons (Fsp3) is 0. The Morgan fingerprint density at radius 3 is 1.14 bits per heavy atom. The molecule has 0 spiro atoms. The monoisotopic (exact) mass is 753 g/mol. The van der Waals surface area contributed by atoms with Crippen LogP contribution in [0.2, 0.25) is 0 Å². The predicted octanol–water partition coefficient (Wildman–Crippen LogP) is 12.1. The molecule has 7 nitrogen and oxygen atoms in total. The summed E-state index contributed by atoms with van der Waals surface area (Å²) in [6, 6.07) is 66.7. The first-order chi connectivity index (χ1) is 29.1. The number of rotatable bonds is 7. The van der Waals surface area contributed by atoms with E-state index in [-0.39, 0.29) is 0 Å². The number of hydrogen-bond acceptors (Lipinski definition) is 6. The van der Waals surface area contributed by atoms with Crippen LogP contribution in [0.1, 0.15) is 11.1 Å². The minimum Gasteiger partial charge on any atom is -0.308 e. The van der Waals surface area contributed by atoms with Gasteiger partial charge in [0.15, 0.2) is 11.6 Å². The van der Waals surface area contributed by atoms with E-state index >= 15 is 0 Å². The first kappa shape index (κ1) is 34.9. The standard InChI is InChI=1S/C52H31N7/c53-32-34-21-24-48-41(27-34)42-28-35(33-54)22-25-49(42)59(48)50-26-23-40(51-55-44(36-13-5-1-6-14-36)30-45(56-51)37-15-7-2-8-16-37)29-43(50)52-57-46(38-17-9-3-10-18-38)31-47(58-52)39-19-11-4-12-20-39/h1-31H. The van der Waals surface area contributed by atoms with E-state index < -0.39 is 0 Å². The van der Waals surface area contributed by atoms with Gasteiger partial charge >= 0.3 is 0 Å². The summed E-state index contributed by atoms with van der Waals surface area (Å²) in [5, 5.41) is 21.5. The molecule has 0 atom stereocenters. The lowest BCUT2D eigenvalue weighted by molar-refractivity contribution is 1.13. The number of nitriles is 2. The highest BCUT2D eigenvalue weighted by Gasteiger charge is 2.22. The van der Waals surface area contributed by atoms with Gasteiger partial charge in [0.25, 0.3) is 0 Å². The van der Waals surface area contributed by atoms with Crippen molar-refractivity contribution in [1.82, 2.24) is 24.5 Å². The molecule has 3 aromatic heterocycles. The summed E-state index contributed by atoms with van der Waals surface area (Å²) in [6.07, 6.45) is 0. The first-order valence-electron chi connectivity index (χ1n) is 19.2. The Kier molecular flexibility index (Phi) is 8.80. The molecule has 274 valence electrons. The molecule has 7 aromatic carbocycles. The summed E-state index contributed by atoms with van der Waals surface area (Å²) < 4.78 is 2.17. The average Bonchev–Trinajstić information content (AvgIpc) is 3.64. The molecular weight excluding hydrogens is 723 g/mol. The second-order valence-corrected chi connectivity index (χ2v) is 14.1. The molecule has 10 aromatic rings. The smallest absolute Gasteiger partial charge is 0.162 e. The number of hydrogen-bond donors (Lipinski definition) is 0. The van der Waals surface area contributed by atoms with Crippen molar-refractivity contribution < 1.29 is 0 Å². The van der Waals surface area contributed by atoms with Crippen LogP contribution < -0.4 is 0 Å². The summed E-state index contributed by atoms with van der Waals surface area (Å²) in [6.45, 7) is 0. The number of fused-ring (bicyclic) bond motifs is 3. The second kappa shape index (κ2) is 14.9. The summed E-state index contributed by atoms with van der Waals surface area (Å²) >= 11 is 0. The Morgan fingerprint density at radius 1 is 0.356 bits per heavy atom. The molecule has 0 radical (unpaired) electrons. The van der Waals surface area contributed by atoms with Crippen molar-refractivity contribution in [2.24, 2.45) is 0 Å². The molecule has 0 aliphatic carbocycles. The van der Waals surface area contributed by atoms with Crippen LogP contribution in [0, 0.1) is 22.7 Å². The molecule has 0 amide bonds. The van der Waals surface area contributed by atoms with Gasteiger partial charge in [-0.15, -0.1) is 0 Å². The SMILES string of the molecule is N#Cc1ccc2c(c1)c1cc(C#N)ccc1n2-c1ccc(-c2nc(-c3ccccc3)cc(-c3ccccc3)n2)cc1-c1nc(-c2ccccc2)cc(-c2ccccc2)n1. The van der Waals surface area contributed by atoms with E-state index in [1.54, 1.807) is 0 Å². The Hall–Kier alpha value is -8.52. The second-order valence-electron chi connectivity index (χ2n) is 14.1. The molecule has 3 heterocycles. The van der Waals surface area contributed by atoms with E-state index in [1.165, 1.54) is 0 Å². The highest BCUT2D eigenvalue weighted by Crippen LogP contribution is 2.39.